The zero-order chi connectivity index (χ0) is 17.4. The van der Waals surface area contributed by atoms with E-state index in [0.717, 1.165) is 11.3 Å². The van der Waals surface area contributed by atoms with Crippen molar-refractivity contribution in [3.8, 4) is 5.75 Å². The van der Waals surface area contributed by atoms with Gasteiger partial charge in [0.1, 0.15) is 18.2 Å². The Bertz CT molecular complexity index is 696. The highest BCUT2D eigenvalue weighted by molar-refractivity contribution is 7.99. The van der Waals surface area contributed by atoms with Crippen molar-refractivity contribution in [1.82, 2.24) is 5.32 Å². The van der Waals surface area contributed by atoms with Crippen LogP contribution < -0.4 is 10.1 Å². The molecule has 0 atom stereocenters. The number of ether oxygens (including phenoxy) is 1. The normalized spacial score (nSPS) is 10.5. The Kier molecular flexibility index (Phi) is 7.40. The van der Waals surface area contributed by atoms with Crippen LogP contribution in [0, 0.1) is 12.7 Å². The second kappa shape index (κ2) is 9.55. The molecule has 1 amide bonds. The van der Waals surface area contributed by atoms with Crippen LogP contribution in [0.5, 0.6) is 5.75 Å². The lowest BCUT2D eigenvalue weighted by Crippen LogP contribution is -2.29. The summed E-state index contributed by atoms with van der Waals surface area (Å²) in [6, 6.07) is 12.3. The Hall–Kier alpha value is -1.72. The second-order valence-corrected chi connectivity index (χ2v) is 6.61. The molecular formula is C18H19ClFNO2S. The lowest BCUT2D eigenvalue weighted by Gasteiger charge is -2.09. The molecule has 0 saturated carbocycles. The van der Waals surface area contributed by atoms with Gasteiger partial charge in [-0.25, -0.2) is 4.39 Å². The van der Waals surface area contributed by atoms with Gasteiger partial charge < -0.3 is 10.1 Å². The van der Waals surface area contributed by atoms with E-state index in [4.69, 9.17) is 16.3 Å². The average molecular weight is 368 g/mol. The molecule has 2 aromatic rings. The van der Waals surface area contributed by atoms with Gasteiger partial charge in [0.15, 0.2) is 0 Å². The highest BCUT2D eigenvalue weighted by atomic mass is 35.5. The van der Waals surface area contributed by atoms with Crippen LogP contribution in [0.25, 0.3) is 0 Å². The molecule has 2 rings (SSSR count). The number of hydrogen-bond acceptors (Lipinski definition) is 3. The molecule has 0 unspecified atom stereocenters. The molecular weight excluding hydrogens is 349 g/mol. The standard InChI is InChI=1S/C18H19ClFNO2S/c1-13-4-2-3-5-17(13)23-9-8-21-18(22)12-24-11-14-6-7-15(19)10-16(14)20/h2-7,10H,8-9,11-12H2,1H3,(H,21,22). The van der Waals surface area contributed by atoms with E-state index in [1.165, 1.54) is 17.8 Å². The smallest absolute Gasteiger partial charge is 0.230 e. The van der Waals surface area contributed by atoms with Crippen LogP contribution in [0.3, 0.4) is 0 Å². The van der Waals surface area contributed by atoms with Gasteiger partial charge in [0.05, 0.1) is 12.3 Å². The first-order valence-electron chi connectivity index (χ1n) is 7.53. The minimum absolute atomic E-state index is 0.0947. The monoisotopic (exact) mass is 367 g/mol. The molecule has 0 aromatic heterocycles. The van der Waals surface area contributed by atoms with Crippen LogP contribution in [0.2, 0.25) is 5.02 Å². The summed E-state index contributed by atoms with van der Waals surface area (Å²) in [5.74, 6) is 1.08. The van der Waals surface area contributed by atoms with Crippen LogP contribution in [-0.4, -0.2) is 24.8 Å². The number of carbonyl (C=O) groups is 1. The molecule has 0 radical (unpaired) electrons. The number of amides is 1. The van der Waals surface area contributed by atoms with E-state index in [-0.39, 0.29) is 17.5 Å². The summed E-state index contributed by atoms with van der Waals surface area (Å²) in [4.78, 5) is 11.7. The molecule has 6 heteroatoms. The van der Waals surface area contributed by atoms with E-state index < -0.39 is 0 Å². The fourth-order valence-electron chi connectivity index (χ4n) is 2.01. The number of halogens is 2. The van der Waals surface area contributed by atoms with Crippen molar-refractivity contribution in [2.75, 3.05) is 18.9 Å². The Labute approximate surface area is 150 Å². The minimum atomic E-state index is -0.345. The number of carbonyl (C=O) groups excluding carboxylic acids is 1. The molecule has 0 aliphatic heterocycles. The van der Waals surface area contributed by atoms with E-state index in [9.17, 15) is 9.18 Å². The lowest BCUT2D eigenvalue weighted by molar-refractivity contribution is -0.118. The number of aryl methyl sites for hydroxylation is 1. The minimum Gasteiger partial charge on any atom is -0.491 e. The van der Waals surface area contributed by atoms with Gasteiger partial charge >= 0.3 is 0 Å². The number of thioether (sulfide) groups is 1. The first kappa shape index (κ1) is 18.6. The Morgan fingerprint density at radius 3 is 2.83 bits per heavy atom. The number of nitrogens with one attached hydrogen (secondary N) is 1. The molecule has 3 nitrogen and oxygen atoms in total. The molecule has 128 valence electrons. The lowest BCUT2D eigenvalue weighted by atomic mass is 10.2. The van der Waals surface area contributed by atoms with Crippen molar-refractivity contribution in [3.05, 3.63) is 64.4 Å². The van der Waals surface area contributed by atoms with E-state index >= 15 is 0 Å². The molecule has 0 spiro atoms. The Morgan fingerprint density at radius 2 is 2.08 bits per heavy atom. The Morgan fingerprint density at radius 1 is 1.29 bits per heavy atom. The van der Waals surface area contributed by atoms with Gasteiger partial charge in [-0.2, -0.15) is 0 Å². The number of benzene rings is 2. The van der Waals surface area contributed by atoms with Crippen LogP contribution in [0.1, 0.15) is 11.1 Å². The maximum absolute atomic E-state index is 13.6. The van der Waals surface area contributed by atoms with E-state index in [0.29, 0.717) is 29.5 Å². The van der Waals surface area contributed by atoms with Crippen molar-refractivity contribution in [3.63, 3.8) is 0 Å². The van der Waals surface area contributed by atoms with Crippen molar-refractivity contribution in [2.24, 2.45) is 0 Å². The van der Waals surface area contributed by atoms with Crippen molar-refractivity contribution < 1.29 is 13.9 Å². The van der Waals surface area contributed by atoms with Gasteiger partial charge in [0.25, 0.3) is 0 Å². The highest BCUT2D eigenvalue weighted by Gasteiger charge is 2.06. The number of hydrogen-bond donors (Lipinski definition) is 1. The van der Waals surface area contributed by atoms with Gasteiger partial charge in [-0.05, 0) is 36.2 Å². The molecule has 2 aromatic carbocycles. The predicted octanol–water partition coefficient (Wildman–Crippen LogP) is 4.22. The third-order valence-electron chi connectivity index (χ3n) is 3.28. The first-order chi connectivity index (χ1) is 11.6. The molecule has 0 aliphatic carbocycles. The summed E-state index contributed by atoms with van der Waals surface area (Å²) >= 11 is 7.06. The summed E-state index contributed by atoms with van der Waals surface area (Å²) in [5.41, 5.74) is 1.60. The van der Waals surface area contributed by atoms with E-state index in [1.54, 1.807) is 12.1 Å². The summed E-state index contributed by atoms with van der Waals surface area (Å²) in [5, 5.41) is 3.15. The van der Waals surface area contributed by atoms with E-state index in [2.05, 4.69) is 5.32 Å². The molecule has 0 bridgehead atoms. The van der Waals surface area contributed by atoms with Gasteiger partial charge in [0, 0.05) is 10.8 Å². The topological polar surface area (TPSA) is 38.3 Å². The average Bonchev–Trinajstić information content (AvgIpc) is 2.55. The molecule has 0 aliphatic rings. The molecule has 1 N–H and O–H groups in total. The zero-order valence-corrected chi connectivity index (χ0v) is 14.9. The second-order valence-electron chi connectivity index (χ2n) is 5.19. The SMILES string of the molecule is Cc1ccccc1OCCNC(=O)CSCc1ccc(Cl)cc1F. The third-order valence-corrected chi connectivity index (χ3v) is 4.50. The first-order valence-corrected chi connectivity index (χ1v) is 9.06. The summed E-state index contributed by atoms with van der Waals surface area (Å²) < 4.78 is 19.2. The van der Waals surface area contributed by atoms with Crippen LogP contribution in [-0.2, 0) is 10.5 Å². The van der Waals surface area contributed by atoms with Crippen molar-refractivity contribution >= 4 is 29.3 Å². The Balaban J connectivity index is 1.62. The largest absolute Gasteiger partial charge is 0.491 e. The summed E-state index contributed by atoms with van der Waals surface area (Å²) in [6.07, 6.45) is 0. The number of para-hydroxylation sites is 1. The fourth-order valence-corrected chi connectivity index (χ4v) is 3.02. The summed E-state index contributed by atoms with van der Waals surface area (Å²) in [7, 11) is 0. The predicted molar refractivity (Wildman–Crippen MR) is 97.3 cm³/mol. The summed E-state index contributed by atoms with van der Waals surface area (Å²) in [6.45, 7) is 2.82. The van der Waals surface area contributed by atoms with Gasteiger partial charge in [-0.15, -0.1) is 11.8 Å². The van der Waals surface area contributed by atoms with E-state index in [1.807, 2.05) is 31.2 Å². The quantitative estimate of drug-likeness (QED) is 0.710. The van der Waals surface area contributed by atoms with Crippen molar-refractivity contribution in [2.45, 2.75) is 12.7 Å². The third kappa shape index (κ3) is 6.06. The maximum Gasteiger partial charge on any atom is 0.230 e. The van der Waals surface area contributed by atoms with Crippen LogP contribution in [0.15, 0.2) is 42.5 Å². The van der Waals surface area contributed by atoms with Gasteiger partial charge in [-0.3, -0.25) is 4.79 Å². The molecule has 0 heterocycles. The molecule has 0 saturated heterocycles. The van der Waals surface area contributed by atoms with Crippen LogP contribution >= 0.6 is 23.4 Å². The fraction of sp³-hybridized carbons (Fsp3) is 0.278. The zero-order valence-electron chi connectivity index (χ0n) is 13.4. The van der Waals surface area contributed by atoms with Crippen molar-refractivity contribution in [1.29, 1.82) is 0 Å². The maximum atomic E-state index is 13.6. The highest BCUT2D eigenvalue weighted by Crippen LogP contribution is 2.19. The molecule has 0 fully saturated rings. The number of rotatable bonds is 8. The van der Waals surface area contributed by atoms with Gasteiger partial charge in [-0.1, -0.05) is 35.9 Å². The van der Waals surface area contributed by atoms with Gasteiger partial charge in [0.2, 0.25) is 5.91 Å². The molecule has 24 heavy (non-hydrogen) atoms. The van der Waals surface area contributed by atoms with Crippen LogP contribution in [0.4, 0.5) is 4.39 Å².